The van der Waals surface area contributed by atoms with Gasteiger partial charge in [-0.25, -0.2) is 0 Å². The minimum absolute atomic E-state index is 0.619. The van der Waals surface area contributed by atoms with Crippen LogP contribution < -0.4 is 0 Å². The summed E-state index contributed by atoms with van der Waals surface area (Å²) < 4.78 is 0. The van der Waals surface area contributed by atoms with Gasteiger partial charge in [0.2, 0.25) is 0 Å². The predicted molar refractivity (Wildman–Crippen MR) is 145 cm³/mol. The zero-order valence-electron chi connectivity index (χ0n) is 23.8. The van der Waals surface area contributed by atoms with Gasteiger partial charge in [-0.05, 0) is 115 Å². The summed E-state index contributed by atoms with van der Waals surface area (Å²) in [6.07, 6.45) is 21.5. The van der Waals surface area contributed by atoms with E-state index >= 15 is 0 Å². The summed E-state index contributed by atoms with van der Waals surface area (Å²) in [6, 6.07) is 0. The van der Waals surface area contributed by atoms with Crippen LogP contribution in [0.4, 0.5) is 0 Å². The molecule has 6 atom stereocenters. The highest BCUT2D eigenvalue weighted by Gasteiger charge is 2.56. The number of hydrogen-bond acceptors (Lipinski definition) is 0. The van der Waals surface area contributed by atoms with Crippen molar-refractivity contribution < 1.29 is 0 Å². The molecule has 0 aromatic rings. The average molecular weight is 457 g/mol. The molecule has 0 radical (unpaired) electrons. The van der Waals surface area contributed by atoms with Crippen molar-refractivity contribution in [3.63, 3.8) is 0 Å². The van der Waals surface area contributed by atoms with Crippen LogP contribution in [-0.4, -0.2) is 0 Å². The third kappa shape index (κ3) is 4.99. The van der Waals surface area contributed by atoms with E-state index in [2.05, 4.69) is 48.5 Å². The quantitative estimate of drug-likeness (QED) is 0.386. The molecule has 0 nitrogen and oxygen atoms in total. The molecule has 0 aliphatic heterocycles. The van der Waals surface area contributed by atoms with Gasteiger partial charge in [-0.1, -0.05) is 93.4 Å². The van der Waals surface area contributed by atoms with Gasteiger partial charge in [0, 0.05) is 0 Å². The molecule has 0 heteroatoms. The zero-order valence-corrected chi connectivity index (χ0v) is 23.8. The summed E-state index contributed by atoms with van der Waals surface area (Å²) >= 11 is 0. The van der Waals surface area contributed by atoms with Crippen molar-refractivity contribution in [2.45, 2.75) is 138 Å². The second kappa shape index (κ2) is 10.9. The first-order valence-corrected chi connectivity index (χ1v) is 15.8. The van der Waals surface area contributed by atoms with E-state index in [4.69, 9.17) is 0 Å². The first-order chi connectivity index (χ1) is 15.8. The van der Waals surface area contributed by atoms with Crippen molar-refractivity contribution in [3.05, 3.63) is 0 Å². The maximum absolute atomic E-state index is 2.66. The fourth-order valence-electron chi connectivity index (χ4n) is 10.6. The normalized spacial score (nSPS) is 47.7. The molecule has 4 saturated carbocycles. The lowest BCUT2D eigenvalue weighted by Gasteiger charge is -2.61. The number of rotatable bonds is 5. The average Bonchev–Trinajstić information content (AvgIpc) is 2.82. The molecule has 0 heterocycles. The van der Waals surface area contributed by atoms with Gasteiger partial charge < -0.3 is 0 Å². The van der Waals surface area contributed by atoms with Crippen LogP contribution in [0, 0.1) is 70.5 Å². The highest BCUT2D eigenvalue weighted by atomic mass is 14.6. The molecular formula is C33H60. The molecule has 4 aliphatic rings. The summed E-state index contributed by atoms with van der Waals surface area (Å²) in [5, 5.41) is 0. The third-order valence-corrected chi connectivity index (χ3v) is 13.1. The Hall–Kier alpha value is 0. The minimum atomic E-state index is 0.619. The largest absolute Gasteiger partial charge is 0.0648 e. The van der Waals surface area contributed by atoms with Crippen molar-refractivity contribution >= 4 is 0 Å². The van der Waals surface area contributed by atoms with Gasteiger partial charge in [0.25, 0.3) is 0 Å². The van der Waals surface area contributed by atoms with E-state index in [1.807, 2.05) is 0 Å². The lowest BCUT2D eigenvalue weighted by Crippen LogP contribution is -2.53. The van der Waals surface area contributed by atoms with E-state index < -0.39 is 0 Å². The van der Waals surface area contributed by atoms with Gasteiger partial charge in [-0.15, -0.1) is 0 Å². The molecule has 4 fully saturated rings. The molecule has 0 bridgehead atoms. The Morgan fingerprint density at radius 3 is 1.42 bits per heavy atom. The minimum Gasteiger partial charge on any atom is -0.0648 e. The van der Waals surface area contributed by atoms with E-state index in [1.54, 1.807) is 25.7 Å². The first-order valence-electron chi connectivity index (χ1n) is 15.8. The van der Waals surface area contributed by atoms with Crippen LogP contribution in [0.5, 0.6) is 0 Å². The lowest BCUT2D eigenvalue weighted by atomic mass is 9.44. The van der Waals surface area contributed by atoms with Crippen molar-refractivity contribution in [2.75, 3.05) is 0 Å². The summed E-state index contributed by atoms with van der Waals surface area (Å²) in [6.45, 7) is 18.2. The van der Waals surface area contributed by atoms with Crippen molar-refractivity contribution in [1.29, 1.82) is 0 Å². The molecule has 0 saturated heterocycles. The molecular weight excluding hydrogens is 396 g/mol. The van der Waals surface area contributed by atoms with Crippen LogP contribution in [0.3, 0.4) is 0 Å². The standard InChI is InChI=1S/C33H60/c1-8-33(29-18-22(2)26(6)23(3)19-29,30-20-24(4)27(7)25(5)21-30)32-17-13-12-16-31(32)28-14-10-9-11-15-28/h22-32H,8-21H2,1-7H3. The van der Waals surface area contributed by atoms with Crippen molar-refractivity contribution in [2.24, 2.45) is 70.5 Å². The lowest BCUT2D eigenvalue weighted by molar-refractivity contribution is -0.119. The van der Waals surface area contributed by atoms with Gasteiger partial charge in [0.1, 0.15) is 0 Å². The Balaban J connectivity index is 1.73. The summed E-state index contributed by atoms with van der Waals surface area (Å²) in [5.74, 6) is 10.6. The molecule has 4 rings (SSSR count). The van der Waals surface area contributed by atoms with Crippen LogP contribution in [0.2, 0.25) is 0 Å². The Morgan fingerprint density at radius 2 is 0.970 bits per heavy atom. The highest BCUT2D eigenvalue weighted by Crippen LogP contribution is 2.63. The summed E-state index contributed by atoms with van der Waals surface area (Å²) in [5.41, 5.74) is 0.619. The fourth-order valence-corrected chi connectivity index (χ4v) is 10.6. The van der Waals surface area contributed by atoms with Crippen molar-refractivity contribution in [1.82, 2.24) is 0 Å². The Bertz CT molecular complexity index is 545. The van der Waals surface area contributed by atoms with Crippen LogP contribution >= 0.6 is 0 Å². The second-order valence-electron chi connectivity index (χ2n) is 14.4. The topological polar surface area (TPSA) is 0 Å². The van der Waals surface area contributed by atoms with Crippen LogP contribution in [0.15, 0.2) is 0 Å². The fraction of sp³-hybridized carbons (Fsp3) is 1.00. The zero-order chi connectivity index (χ0) is 23.8. The SMILES string of the molecule is CCC(C1CC(C)C(C)C(C)C1)(C1CC(C)C(C)C(C)C1)C1CCCCC1C1CCCCC1. The van der Waals surface area contributed by atoms with E-state index in [1.165, 1.54) is 64.2 Å². The molecule has 33 heavy (non-hydrogen) atoms. The first kappa shape index (κ1) is 26.1. The molecule has 6 unspecified atom stereocenters. The van der Waals surface area contributed by atoms with E-state index in [0.29, 0.717) is 5.41 Å². The summed E-state index contributed by atoms with van der Waals surface area (Å²) in [7, 11) is 0. The van der Waals surface area contributed by atoms with Crippen LogP contribution in [0.1, 0.15) is 138 Å². The van der Waals surface area contributed by atoms with Crippen molar-refractivity contribution in [3.8, 4) is 0 Å². The predicted octanol–water partition coefficient (Wildman–Crippen LogP) is 10.4. The molecule has 0 spiro atoms. The van der Waals surface area contributed by atoms with Gasteiger partial charge in [-0.3, -0.25) is 0 Å². The summed E-state index contributed by atoms with van der Waals surface area (Å²) in [4.78, 5) is 0. The third-order valence-electron chi connectivity index (χ3n) is 13.1. The maximum atomic E-state index is 2.66. The molecule has 0 amide bonds. The van der Waals surface area contributed by atoms with E-state index in [0.717, 1.165) is 65.1 Å². The van der Waals surface area contributed by atoms with Gasteiger partial charge in [0.05, 0.1) is 0 Å². The molecule has 0 aromatic heterocycles. The van der Waals surface area contributed by atoms with Gasteiger partial charge in [-0.2, -0.15) is 0 Å². The van der Waals surface area contributed by atoms with E-state index in [-0.39, 0.29) is 0 Å². The number of hydrogen-bond donors (Lipinski definition) is 0. The Morgan fingerprint density at radius 1 is 0.545 bits per heavy atom. The molecule has 192 valence electrons. The molecule has 4 aliphatic carbocycles. The van der Waals surface area contributed by atoms with E-state index in [9.17, 15) is 0 Å². The molecule has 0 N–H and O–H groups in total. The second-order valence-corrected chi connectivity index (χ2v) is 14.4. The Labute approximate surface area is 208 Å². The van der Waals surface area contributed by atoms with Gasteiger partial charge >= 0.3 is 0 Å². The maximum Gasteiger partial charge on any atom is -0.0212 e. The molecule has 0 aromatic carbocycles. The monoisotopic (exact) mass is 456 g/mol. The highest BCUT2D eigenvalue weighted by molar-refractivity contribution is 5.04. The smallest absolute Gasteiger partial charge is 0.0212 e. The van der Waals surface area contributed by atoms with Gasteiger partial charge in [0.15, 0.2) is 0 Å². The Kier molecular flexibility index (Phi) is 8.65. The van der Waals surface area contributed by atoms with Crippen LogP contribution in [0.25, 0.3) is 0 Å². The van der Waals surface area contributed by atoms with Crippen LogP contribution in [-0.2, 0) is 0 Å².